The third kappa shape index (κ3) is 14.3. The summed E-state index contributed by atoms with van der Waals surface area (Å²) in [4.78, 5) is 52.7. The molecule has 3 aliphatic heterocycles. The van der Waals surface area contributed by atoms with Crippen molar-refractivity contribution in [1.29, 1.82) is 0 Å². The van der Waals surface area contributed by atoms with Gasteiger partial charge in [0.1, 0.15) is 11.9 Å². The first-order chi connectivity index (χ1) is 23.7. The molecule has 1 radical (unpaired) electrons. The monoisotopic (exact) mass is 797 g/mol. The maximum absolute atomic E-state index is 12.6. The van der Waals surface area contributed by atoms with Crippen LogP contribution in [0.5, 0.6) is 0 Å². The van der Waals surface area contributed by atoms with Crippen molar-refractivity contribution in [1.82, 2.24) is 36.1 Å². The molecule has 3 fully saturated rings. The third-order valence-electron chi connectivity index (χ3n) is 8.64. The van der Waals surface area contributed by atoms with Crippen LogP contribution in [0.4, 0.5) is 4.79 Å². The van der Waals surface area contributed by atoms with Crippen LogP contribution in [0.3, 0.4) is 0 Å². The van der Waals surface area contributed by atoms with Gasteiger partial charge in [0.25, 0.3) is 5.91 Å². The van der Waals surface area contributed by atoms with Crippen LogP contribution in [0.25, 0.3) is 0 Å². The van der Waals surface area contributed by atoms with E-state index in [0.29, 0.717) is 64.4 Å². The maximum Gasteiger partial charge on any atom is 0.315 e. The van der Waals surface area contributed by atoms with Gasteiger partial charge < -0.3 is 50.1 Å². The van der Waals surface area contributed by atoms with Crippen molar-refractivity contribution in [3.05, 3.63) is 24.6 Å². The van der Waals surface area contributed by atoms with E-state index in [9.17, 15) is 19.2 Å². The Morgan fingerprint density at radius 3 is 2.42 bits per heavy atom. The van der Waals surface area contributed by atoms with Crippen LogP contribution in [0.1, 0.15) is 76.0 Å². The second kappa shape index (κ2) is 23.0. The minimum atomic E-state index is -0.368. The van der Waals surface area contributed by atoms with Gasteiger partial charge in [0.05, 0.1) is 58.1 Å². The molecule has 3 saturated heterocycles. The Labute approximate surface area is 324 Å². The van der Waals surface area contributed by atoms with E-state index >= 15 is 0 Å². The molecule has 0 bridgehead atoms. The first-order valence-corrected chi connectivity index (χ1v) is 18.6. The molecule has 0 saturated carbocycles. The average Bonchev–Trinajstić information content (AvgIpc) is 3.86. The zero-order valence-corrected chi connectivity index (χ0v) is 33.2. The molecule has 0 spiro atoms. The number of hydrogen-bond acceptors (Lipinski definition) is 10. The molecule has 5 N–H and O–H groups in total. The number of amides is 5. The predicted molar refractivity (Wildman–Crippen MR) is 184 cm³/mol. The summed E-state index contributed by atoms with van der Waals surface area (Å²) in [6.07, 6.45) is 9.68. The topological polar surface area (TPSA) is 183 Å². The van der Waals surface area contributed by atoms with E-state index in [-0.39, 0.29) is 105 Å². The number of thioether (sulfide) groups is 1. The molecule has 17 heteroatoms. The van der Waals surface area contributed by atoms with Crippen LogP contribution in [0.2, 0.25) is 0 Å². The van der Waals surface area contributed by atoms with Gasteiger partial charge in [-0.25, -0.2) is 9.78 Å². The van der Waals surface area contributed by atoms with E-state index in [4.69, 9.17) is 18.9 Å². The van der Waals surface area contributed by atoms with Crippen LogP contribution in [-0.2, 0) is 61.2 Å². The molecule has 1 aromatic heterocycles. The second-order valence-corrected chi connectivity index (χ2v) is 14.0. The van der Waals surface area contributed by atoms with Crippen LogP contribution in [0, 0.1) is 12.3 Å². The Hall–Kier alpha value is -1.82. The molecule has 15 nitrogen and oxygen atoms in total. The summed E-state index contributed by atoms with van der Waals surface area (Å²) in [7, 11) is 0. The maximum atomic E-state index is 12.6. The molecule has 1 unspecified atom stereocenters. The van der Waals surface area contributed by atoms with Crippen LogP contribution < -0.4 is 26.6 Å². The molecule has 5 amide bonds. The molecular formula is C33H54N7O8SY-. The largest absolute Gasteiger partial charge is 0.389 e. The number of carbonyl (C=O) groups excluding carboxylic acids is 4. The van der Waals surface area contributed by atoms with Gasteiger partial charge in [0, 0.05) is 81.9 Å². The number of nitrogens with zero attached hydrogens (tertiary/aromatic N) is 2. The number of urea groups is 1. The smallest absolute Gasteiger partial charge is 0.315 e. The fourth-order valence-corrected chi connectivity index (χ4v) is 7.62. The van der Waals surface area contributed by atoms with Gasteiger partial charge in [-0.3, -0.25) is 20.8 Å². The Balaban J connectivity index is 0.00000676. The zero-order valence-electron chi connectivity index (χ0n) is 29.5. The molecule has 279 valence electrons. The minimum absolute atomic E-state index is 0. The normalized spacial score (nSPS) is 24.5. The fraction of sp³-hybridized carbons (Fsp3) is 0.758. The first kappa shape index (κ1) is 42.6. The Kier molecular flexibility index (Phi) is 19.6. The number of carbonyl (C=O) groups is 4. The molecule has 4 heterocycles. The van der Waals surface area contributed by atoms with Crippen LogP contribution in [-0.4, -0.2) is 121 Å². The van der Waals surface area contributed by atoms with E-state index in [1.165, 1.54) is 0 Å². The molecule has 4 rings (SSSR count). The standard InChI is InChI=1S/C33H54N7O8S.Y/c1-4-24-17-22(2)32(48-24)40-19-25(36-21-40)31(43)37-23(3)18-29(42)35-10-12-46-14-16-47-15-13-45-11-9-34-28(41)8-6-5-7-27-30-26(20-49-27)38-33(44)39-30;/h17,19,21-24,26-27,30,32H,4-16,18,20H2,1-3H3,(H,34,41)(H,35,42)(H,37,43)(H2,38,39,44);/q-1;/t22?,23-,24+,26+,27-,30+,32+;/m0./s1. The molecular weight excluding hydrogens is 743 g/mol. The summed E-state index contributed by atoms with van der Waals surface area (Å²) in [5.41, 5.74) is 0.282. The van der Waals surface area contributed by atoms with Gasteiger partial charge in [-0.15, -0.1) is 5.92 Å². The van der Waals surface area contributed by atoms with Crippen molar-refractivity contribution >= 4 is 35.5 Å². The van der Waals surface area contributed by atoms with E-state index in [0.717, 1.165) is 31.4 Å². The van der Waals surface area contributed by atoms with Gasteiger partial charge >= 0.3 is 6.03 Å². The number of nitrogens with one attached hydrogen (secondary N) is 5. The van der Waals surface area contributed by atoms with Crippen LogP contribution in [0.15, 0.2) is 12.5 Å². The number of aromatic nitrogens is 2. The fourth-order valence-electron chi connectivity index (χ4n) is 6.08. The third-order valence-corrected chi connectivity index (χ3v) is 10.2. The molecule has 0 aliphatic carbocycles. The Morgan fingerprint density at radius 2 is 1.74 bits per heavy atom. The van der Waals surface area contributed by atoms with Crippen molar-refractivity contribution in [3.8, 4) is 0 Å². The van der Waals surface area contributed by atoms with Gasteiger partial charge in [0.15, 0.2) is 0 Å². The van der Waals surface area contributed by atoms with Crippen molar-refractivity contribution in [2.75, 3.05) is 58.5 Å². The van der Waals surface area contributed by atoms with E-state index < -0.39 is 0 Å². The van der Waals surface area contributed by atoms with E-state index in [2.05, 4.69) is 51.8 Å². The van der Waals surface area contributed by atoms with Crippen molar-refractivity contribution in [2.45, 2.75) is 95.0 Å². The number of fused-ring (bicyclic) bond motifs is 1. The molecule has 3 aliphatic rings. The predicted octanol–water partition coefficient (Wildman–Crippen LogP) is 1.54. The van der Waals surface area contributed by atoms with Crippen molar-refractivity contribution in [2.24, 2.45) is 5.92 Å². The van der Waals surface area contributed by atoms with Crippen molar-refractivity contribution < 1.29 is 70.8 Å². The van der Waals surface area contributed by atoms with Gasteiger partial charge in [-0.2, -0.15) is 11.8 Å². The van der Waals surface area contributed by atoms with Crippen LogP contribution >= 0.6 is 11.8 Å². The van der Waals surface area contributed by atoms with Crippen molar-refractivity contribution in [3.63, 3.8) is 0 Å². The summed E-state index contributed by atoms with van der Waals surface area (Å²) >= 11 is 1.89. The van der Waals surface area contributed by atoms with Gasteiger partial charge in [0.2, 0.25) is 11.8 Å². The summed E-state index contributed by atoms with van der Waals surface area (Å²) in [5.74, 6) is 0.668. The van der Waals surface area contributed by atoms with Gasteiger partial charge in [-0.05, 0) is 19.8 Å². The Bertz CT molecular complexity index is 1210. The number of imidazole rings is 1. The molecule has 1 aromatic rings. The zero-order chi connectivity index (χ0) is 35.0. The summed E-state index contributed by atoms with van der Waals surface area (Å²) in [6, 6.07) is 0.00862. The van der Waals surface area contributed by atoms with E-state index in [1.807, 2.05) is 16.3 Å². The minimum Gasteiger partial charge on any atom is -0.389 e. The molecule has 7 atom stereocenters. The molecule has 50 heavy (non-hydrogen) atoms. The summed E-state index contributed by atoms with van der Waals surface area (Å²) < 4.78 is 24.3. The first-order valence-electron chi connectivity index (χ1n) is 17.5. The van der Waals surface area contributed by atoms with Gasteiger partial charge in [-0.1, -0.05) is 32.8 Å². The average molecular weight is 798 g/mol. The quantitative estimate of drug-likeness (QED) is 0.0619. The Morgan fingerprint density at radius 1 is 1.06 bits per heavy atom. The summed E-state index contributed by atoms with van der Waals surface area (Å²) in [5, 5.41) is 14.9. The SMILES string of the molecule is CC[C@@H]1[CH-]C(C)[C@H](n2cnc(C(=O)N[C@@H](C)CC(=O)NCCOCCOCCOCCNC(=O)CCCC[C@@H]3SC[C@H]4NC(=O)N[C@@H]34)c2)O1.[Y]. The number of unbranched alkanes of at least 4 members (excludes halogenated alkanes) is 1. The number of hydrogen-bond donors (Lipinski definition) is 5. The summed E-state index contributed by atoms with van der Waals surface area (Å²) in [6.45, 7) is 9.12. The molecule has 0 aromatic carbocycles. The second-order valence-electron chi connectivity index (χ2n) is 12.7. The van der Waals surface area contributed by atoms with E-state index in [1.54, 1.807) is 19.4 Å². The number of rotatable bonds is 23. The number of ether oxygens (including phenoxy) is 4.